The summed E-state index contributed by atoms with van der Waals surface area (Å²) in [5, 5.41) is 9.43. The Kier molecular flexibility index (Phi) is 7.04. The maximum absolute atomic E-state index is 13.2. The summed E-state index contributed by atoms with van der Waals surface area (Å²) >= 11 is 0. The first kappa shape index (κ1) is 23.4. The Morgan fingerprint density at radius 3 is 2.04 bits per heavy atom. The minimum absolute atomic E-state index is 0.114. The molecule has 1 aliphatic rings. The summed E-state index contributed by atoms with van der Waals surface area (Å²) in [6, 6.07) is -0.670. The lowest BCUT2D eigenvalue weighted by Gasteiger charge is -2.58. The van der Waals surface area contributed by atoms with E-state index in [0.717, 1.165) is 0 Å². The molecule has 0 spiro atoms. The molecule has 27 heavy (non-hydrogen) atoms. The summed E-state index contributed by atoms with van der Waals surface area (Å²) < 4.78 is 11.2. The Morgan fingerprint density at radius 1 is 1.19 bits per heavy atom. The van der Waals surface area contributed by atoms with Crippen LogP contribution in [0.5, 0.6) is 0 Å². The van der Waals surface area contributed by atoms with Crippen LogP contribution in [0.15, 0.2) is 11.3 Å². The number of carboxylic acid groups (broad SMARTS) is 1. The molecule has 1 amide bonds. The molecule has 1 N–H and O–H groups in total. The second kappa shape index (κ2) is 8.14. The summed E-state index contributed by atoms with van der Waals surface area (Å²) in [6.45, 7) is 15.3. The second-order valence-electron chi connectivity index (χ2n) is 8.71. The third-order valence-corrected chi connectivity index (χ3v) is 6.22. The van der Waals surface area contributed by atoms with Gasteiger partial charge in [-0.15, -0.1) is 0 Å². The van der Waals surface area contributed by atoms with E-state index in [-0.39, 0.29) is 18.0 Å². The van der Waals surface area contributed by atoms with E-state index >= 15 is 0 Å². The molecule has 0 aromatic carbocycles. The molecule has 1 aliphatic heterocycles. The van der Waals surface area contributed by atoms with Gasteiger partial charge in [0, 0.05) is 0 Å². The van der Waals surface area contributed by atoms with E-state index in [9.17, 15) is 19.5 Å². The number of methoxy groups -OCH3 is 1. The fourth-order valence-electron chi connectivity index (χ4n) is 3.66. The standard InChI is InChI=1S/C19H33NO6Si/c1-11(2)15(17(24)25-7)20-12(10-13(21)22)14(16(20)23)19(6,18(3,4)5)26-27(8)9/h12,14,27H,10H2,1-9H3,(H,21,22)/t12-,14-,19-/m1/s1. The predicted molar refractivity (Wildman–Crippen MR) is 105 cm³/mol. The molecular formula is C19H33NO6Si. The number of hydrogen-bond acceptors (Lipinski definition) is 5. The van der Waals surface area contributed by atoms with E-state index in [4.69, 9.17) is 9.16 Å². The molecule has 0 aliphatic carbocycles. The van der Waals surface area contributed by atoms with Crippen molar-refractivity contribution in [3.8, 4) is 0 Å². The number of carbonyl (C=O) groups is 3. The molecule has 3 atom stereocenters. The van der Waals surface area contributed by atoms with Crippen LogP contribution in [0.3, 0.4) is 0 Å². The first-order chi connectivity index (χ1) is 12.2. The van der Waals surface area contributed by atoms with Crippen LogP contribution in [0.1, 0.15) is 48.0 Å². The summed E-state index contributed by atoms with van der Waals surface area (Å²) in [6.07, 6.45) is -0.265. The molecule has 0 aromatic rings. The quantitative estimate of drug-likeness (QED) is 0.306. The Labute approximate surface area is 163 Å². The second-order valence-corrected chi connectivity index (χ2v) is 11.0. The van der Waals surface area contributed by atoms with Gasteiger partial charge >= 0.3 is 11.9 Å². The zero-order valence-electron chi connectivity index (χ0n) is 17.9. The maximum atomic E-state index is 13.2. The molecule has 0 radical (unpaired) electrons. The number of ether oxygens (including phenoxy) is 1. The maximum Gasteiger partial charge on any atom is 0.354 e. The van der Waals surface area contributed by atoms with Crippen molar-refractivity contribution in [1.29, 1.82) is 0 Å². The van der Waals surface area contributed by atoms with Crippen LogP contribution < -0.4 is 0 Å². The predicted octanol–water partition coefficient (Wildman–Crippen LogP) is 2.56. The van der Waals surface area contributed by atoms with E-state index in [2.05, 4.69) is 0 Å². The fraction of sp³-hybridized carbons (Fsp3) is 0.737. The highest BCUT2D eigenvalue weighted by molar-refractivity contribution is 6.48. The molecule has 0 saturated carbocycles. The molecule has 0 bridgehead atoms. The van der Waals surface area contributed by atoms with Gasteiger partial charge in [-0.25, -0.2) is 4.79 Å². The number of hydrogen-bond donors (Lipinski definition) is 1. The monoisotopic (exact) mass is 399 g/mol. The normalized spacial score (nSPS) is 22.1. The average Bonchev–Trinajstić information content (AvgIpc) is 2.48. The van der Waals surface area contributed by atoms with Gasteiger partial charge in [-0.1, -0.05) is 20.8 Å². The lowest BCUT2D eigenvalue weighted by atomic mass is 9.63. The number of carboxylic acids is 1. The molecule has 7 nitrogen and oxygen atoms in total. The Morgan fingerprint density at radius 2 is 1.70 bits per heavy atom. The molecular weight excluding hydrogens is 366 g/mol. The lowest BCUT2D eigenvalue weighted by Crippen LogP contribution is -2.72. The largest absolute Gasteiger partial charge is 0.481 e. The molecule has 0 aromatic heterocycles. The number of carbonyl (C=O) groups excluding carboxylic acids is 2. The van der Waals surface area contributed by atoms with E-state index in [0.29, 0.717) is 5.57 Å². The molecule has 154 valence electrons. The Bertz CT molecular complexity index is 647. The number of likely N-dealkylation sites (tertiary alicyclic amines) is 1. The van der Waals surface area contributed by atoms with Crippen molar-refractivity contribution >= 4 is 26.9 Å². The van der Waals surface area contributed by atoms with Crippen molar-refractivity contribution < 1.29 is 28.7 Å². The number of esters is 1. The van der Waals surface area contributed by atoms with Crippen LogP contribution in [-0.2, 0) is 23.5 Å². The number of aliphatic carboxylic acids is 1. The molecule has 8 heteroatoms. The van der Waals surface area contributed by atoms with Gasteiger partial charge in [-0.3, -0.25) is 9.59 Å². The smallest absolute Gasteiger partial charge is 0.354 e. The minimum atomic E-state index is -1.53. The summed E-state index contributed by atoms with van der Waals surface area (Å²) in [5.74, 6) is -2.62. The average molecular weight is 400 g/mol. The summed E-state index contributed by atoms with van der Waals surface area (Å²) in [5.41, 5.74) is -0.530. The van der Waals surface area contributed by atoms with Gasteiger partial charge in [0.25, 0.3) is 0 Å². The zero-order valence-corrected chi connectivity index (χ0v) is 19.0. The topological polar surface area (TPSA) is 93.1 Å². The first-order valence-electron chi connectivity index (χ1n) is 9.17. The van der Waals surface area contributed by atoms with Crippen LogP contribution in [0.25, 0.3) is 0 Å². The number of amides is 1. The molecule has 1 heterocycles. The number of allylic oxidation sites excluding steroid dienone is 1. The summed E-state index contributed by atoms with van der Waals surface area (Å²) in [4.78, 5) is 38.3. The Hall–Kier alpha value is -1.67. The Balaban J connectivity index is 3.49. The number of nitrogens with zero attached hydrogens (tertiary/aromatic N) is 1. The van der Waals surface area contributed by atoms with Gasteiger partial charge in [-0.2, -0.15) is 0 Å². The highest BCUT2D eigenvalue weighted by Gasteiger charge is 2.62. The van der Waals surface area contributed by atoms with Crippen LogP contribution in [0.4, 0.5) is 0 Å². The highest BCUT2D eigenvalue weighted by Crippen LogP contribution is 2.50. The third kappa shape index (κ3) is 4.43. The summed E-state index contributed by atoms with van der Waals surface area (Å²) in [7, 11) is -0.292. The zero-order chi connectivity index (χ0) is 21.3. The van der Waals surface area contributed by atoms with Crippen LogP contribution >= 0.6 is 0 Å². The van der Waals surface area contributed by atoms with Crippen LogP contribution in [-0.4, -0.2) is 55.6 Å². The molecule has 1 rings (SSSR count). The third-order valence-electron chi connectivity index (χ3n) is 5.26. The van der Waals surface area contributed by atoms with Gasteiger partial charge in [0.05, 0.1) is 31.1 Å². The van der Waals surface area contributed by atoms with Gasteiger partial charge in [-0.05, 0) is 44.9 Å². The van der Waals surface area contributed by atoms with Crippen molar-refractivity contribution in [3.63, 3.8) is 0 Å². The van der Waals surface area contributed by atoms with Gasteiger partial charge in [0.1, 0.15) is 5.70 Å². The van der Waals surface area contributed by atoms with Gasteiger partial charge < -0.3 is 19.2 Å². The van der Waals surface area contributed by atoms with Crippen molar-refractivity contribution in [3.05, 3.63) is 11.3 Å². The van der Waals surface area contributed by atoms with Crippen molar-refractivity contribution in [1.82, 2.24) is 4.90 Å². The van der Waals surface area contributed by atoms with E-state index < -0.39 is 44.0 Å². The van der Waals surface area contributed by atoms with E-state index in [1.165, 1.54) is 12.0 Å². The van der Waals surface area contributed by atoms with E-state index in [1.807, 2.05) is 40.8 Å². The van der Waals surface area contributed by atoms with Crippen molar-refractivity contribution in [2.75, 3.05) is 7.11 Å². The molecule has 0 unspecified atom stereocenters. The SMILES string of the molecule is COC(=O)C(=C(C)C)N1C(=O)[C@H]([C@@](C)(O[SiH](C)C)C(C)(C)C)[C@H]1CC(=O)O. The number of rotatable bonds is 7. The van der Waals surface area contributed by atoms with Crippen molar-refractivity contribution in [2.24, 2.45) is 11.3 Å². The van der Waals surface area contributed by atoms with Gasteiger partial charge in [0.15, 0.2) is 9.04 Å². The minimum Gasteiger partial charge on any atom is -0.481 e. The molecule has 1 fully saturated rings. The first-order valence-corrected chi connectivity index (χ1v) is 12.0. The fourth-order valence-corrected chi connectivity index (χ4v) is 5.14. The van der Waals surface area contributed by atoms with Crippen LogP contribution in [0, 0.1) is 11.3 Å². The highest BCUT2D eigenvalue weighted by atomic mass is 28.3. The molecule has 1 saturated heterocycles. The van der Waals surface area contributed by atoms with E-state index in [1.54, 1.807) is 13.8 Å². The van der Waals surface area contributed by atoms with Gasteiger partial charge in [0.2, 0.25) is 5.91 Å². The van der Waals surface area contributed by atoms with Crippen LogP contribution in [0.2, 0.25) is 13.1 Å². The lowest BCUT2D eigenvalue weighted by molar-refractivity contribution is -0.185. The number of β-lactam (4-membered cyclic amide) rings is 1. The van der Waals surface area contributed by atoms with Crippen molar-refractivity contribution in [2.45, 2.75) is 72.7 Å².